The number of hydrogen-bond donors (Lipinski definition) is 1. The Kier molecular flexibility index (Phi) is 7.50. The molecule has 0 aliphatic rings. The third-order valence-electron chi connectivity index (χ3n) is 4.74. The minimum Gasteiger partial charge on any atom is -0.355 e. The van der Waals surface area contributed by atoms with Crippen LogP contribution in [0.1, 0.15) is 25.8 Å². The number of nitrogens with zero attached hydrogens (tertiary/aromatic N) is 1. The summed E-state index contributed by atoms with van der Waals surface area (Å²) in [5.74, 6) is -0.0135. The maximum atomic E-state index is 12.6. The first kappa shape index (κ1) is 22.3. The molecule has 0 saturated carbocycles. The zero-order valence-electron chi connectivity index (χ0n) is 17.2. The third kappa shape index (κ3) is 5.40. The summed E-state index contributed by atoms with van der Waals surface area (Å²) in [7, 11) is -3.35. The highest BCUT2D eigenvalue weighted by Gasteiger charge is 2.21. The Balaban J connectivity index is 1.62. The van der Waals surface area contributed by atoms with Crippen LogP contribution < -0.4 is 5.32 Å². The van der Waals surface area contributed by atoms with Gasteiger partial charge >= 0.3 is 0 Å². The Morgan fingerprint density at radius 2 is 1.87 bits per heavy atom. The molecule has 3 rings (SSSR count). The lowest BCUT2D eigenvalue weighted by Gasteiger charge is -2.15. The van der Waals surface area contributed by atoms with Gasteiger partial charge in [0.15, 0.2) is 9.84 Å². The topological polar surface area (TPSA) is 76.1 Å². The van der Waals surface area contributed by atoms with E-state index in [2.05, 4.69) is 10.3 Å². The van der Waals surface area contributed by atoms with Gasteiger partial charge in [-0.1, -0.05) is 43.3 Å². The third-order valence-corrected chi connectivity index (χ3v) is 8.02. The fourth-order valence-corrected chi connectivity index (χ4v) is 6.12. The van der Waals surface area contributed by atoms with E-state index in [1.54, 1.807) is 37.4 Å². The van der Waals surface area contributed by atoms with E-state index in [1.807, 2.05) is 37.3 Å². The predicted octanol–water partition coefficient (Wildman–Crippen LogP) is 4.26. The van der Waals surface area contributed by atoms with Crippen molar-refractivity contribution in [3.05, 3.63) is 66.4 Å². The Labute approximate surface area is 182 Å². The van der Waals surface area contributed by atoms with Gasteiger partial charge in [0.1, 0.15) is 0 Å². The normalized spacial score (nSPS) is 12.6. The Bertz CT molecular complexity index is 1120. The number of nitrogens with one attached hydrogen (secondary N) is 1. The zero-order valence-corrected chi connectivity index (χ0v) is 18.8. The summed E-state index contributed by atoms with van der Waals surface area (Å²) in [6.07, 6.45) is 3.01. The van der Waals surface area contributed by atoms with Crippen LogP contribution in [0.25, 0.3) is 10.9 Å². The lowest BCUT2D eigenvalue weighted by molar-refractivity contribution is -0.120. The number of benzene rings is 2. The summed E-state index contributed by atoms with van der Waals surface area (Å²) in [5.41, 5.74) is 2.04. The number of rotatable bonds is 9. The van der Waals surface area contributed by atoms with E-state index in [-0.39, 0.29) is 11.7 Å². The smallest absolute Gasteiger partial charge is 0.233 e. The molecule has 0 aliphatic heterocycles. The van der Waals surface area contributed by atoms with Crippen LogP contribution in [0.5, 0.6) is 0 Å². The van der Waals surface area contributed by atoms with Crippen LogP contribution in [0, 0.1) is 0 Å². The van der Waals surface area contributed by atoms with Gasteiger partial charge in [-0.3, -0.25) is 9.78 Å². The van der Waals surface area contributed by atoms with Gasteiger partial charge in [0.2, 0.25) is 5.91 Å². The molecule has 0 saturated heterocycles. The summed E-state index contributed by atoms with van der Waals surface area (Å²) in [5, 5.41) is 3.63. The van der Waals surface area contributed by atoms with E-state index in [9.17, 15) is 13.2 Å². The largest absolute Gasteiger partial charge is 0.355 e. The molecule has 30 heavy (non-hydrogen) atoms. The van der Waals surface area contributed by atoms with Crippen LogP contribution in [0.3, 0.4) is 0 Å². The first-order chi connectivity index (χ1) is 14.4. The van der Waals surface area contributed by atoms with Crippen molar-refractivity contribution in [2.45, 2.75) is 41.7 Å². The summed E-state index contributed by atoms with van der Waals surface area (Å²) in [4.78, 5) is 18.0. The highest BCUT2D eigenvalue weighted by molar-refractivity contribution is 8.01. The second kappa shape index (κ2) is 10.1. The number of para-hydroxylation sites is 1. The van der Waals surface area contributed by atoms with Crippen molar-refractivity contribution in [1.29, 1.82) is 0 Å². The molecule has 0 aliphatic carbocycles. The monoisotopic (exact) mass is 442 g/mol. The molecular weight excluding hydrogens is 416 g/mol. The fraction of sp³-hybridized carbons (Fsp3) is 0.304. The van der Waals surface area contributed by atoms with Crippen molar-refractivity contribution in [2.75, 3.05) is 12.3 Å². The first-order valence-electron chi connectivity index (χ1n) is 10.0. The maximum Gasteiger partial charge on any atom is 0.233 e. The quantitative estimate of drug-likeness (QED) is 0.501. The molecule has 5 nitrogen and oxygen atoms in total. The van der Waals surface area contributed by atoms with Crippen LogP contribution in [0.4, 0.5) is 0 Å². The number of fused-ring (bicyclic) bond motifs is 1. The van der Waals surface area contributed by atoms with Crippen molar-refractivity contribution in [2.24, 2.45) is 0 Å². The van der Waals surface area contributed by atoms with Gasteiger partial charge in [0, 0.05) is 23.0 Å². The SMILES string of the molecule is CCCS(=O)(=O)c1ccccc1SC(C)C(=O)NCCc1cccc2cccnc12. The molecule has 158 valence electrons. The molecule has 1 amide bonds. The molecule has 1 heterocycles. The highest BCUT2D eigenvalue weighted by Crippen LogP contribution is 2.30. The molecule has 0 bridgehead atoms. The van der Waals surface area contributed by atoms with Crippen LogP contribution >= 0.6 is 11.8 Å². The minimum atomic E-state index is -3.35. The average Bonchev–Trinajstić information content (AvgIpc) is 2.74. The van der Waals surface area contributed by atoms with Gasteiger partial charge < -0.3 is 5.32 Å². The molecule has 0 spiro atoms. The highest BCUT2D eigenvalue weighted by atomic mass is 32.2. The molecule has 1 N–H and O–H groups in total. The van der Waals surface area contributed by atoms with Crippen LogP contribution in [0.15, 0.2) is 70.6 Å². The van der Waals surface area contributed by atoms with E-state index < -0.39 is 15.1 Å². The summed E-state index contributed by atoms with van der Waals surface area (Å²) in [6.45, 7) is 4.13. The van der Waals surface area contributed by atoms with Gasteiger partial charge in [-0.15, -0.1) is 11.8 Å². The van der Waals surface area contributed by atoms with Crippen LogP contribution in [-0.2, 0) is 21.1 Å². The number of aromatic nitrogens is 1. The molecular formula is C23H26N2O3S2. The molecule has 2 aromatic carbocycles. The summed E-state index contributed by atoms with van der Waals surface area (Å²) < 4.78 is 25.0. The lowest BCUT2D eigenvalue weighted by Crippen LogP contribution is -2.32. The van der Waals surface area contributed by atoms with E-state index in [0.717, 1.165) is 16.5 Å². The minimum absolute atomic E-state index is 0.101. The molecule has 1 unspecified atom stereocenters. The number of hydrogen-bond acceptors (Lipinski definition) is 5. The predicted molar refractivity (Wildman–Crippen MR) is 123 cm³/mol. The second-order valence-corrected chi connectivity index (χ2v) is 10.5. The standard InChI is InChI=1S/C23H26N2O3S2/c1-3-16-30(27,28)21-12-5-4-11-20(21)29-17(2)23(26)25-15-13-19-9-6-8-18-10-7-14-24-22(18)19/h4-12,14,17H,3,13,15-16H2,1-2H3,(H,25,26). The van der Waals surface area contributed by atoms with Crippen molar-refractivity contribution in [1.82, 2.24) is 10.3 Å². The van der Waals surface area contributed by atoms with Crippen LogP contribution in [-0.4, -0.2) is 36.9 Å². The summed E-state index contributed by atoms with van der Waals surface area (Å²) in [6, 6.07) is 16.9. The second-order valence-electron chi connectivity index (χ2n) is 7.06. The van der Waals surface area contributed by atoms with Crippen molar-refractivity contribution in [3.63, 3.8) is 0 Å². The van der Waals surface area contributed by atoms with Crippen molar-refractivity contribution < 1.29 is 13.2 Å². The Hall–Kier alpha value is -2.38. The van der Waals surface area contributed by atoms with Gasteiger partial charge in [-0.2, -0.15) is 0 Å². The number of sulfone groups is 1. The van der Waals surface area contributed by atoms with Crippen molar-refractivity contribution >= 4 is 38.4 Å². The van der Waals surface area contributed by atoms with Crippen LogP contribution in [0.2, 0.25) is 0 Å². The van der Waals surface area contributed by atoms with Crippen molar-refractivity contribution in [3.8, 4) is 0 Å². The summed E-state index contributed by atoms with van der Waals surface area (Å²) >= 11 is 1.28. The average molecular weight is 443 g/mol. The van der Waals surface area contributed by atoms with E-state index in [4.69, 9.17) is 0 Å². The number of carbonyl (C=O) groups excluding carboxylic acids is 1. The van der Waals surface area contributed by atoms with Gasteiger partial charge in [-0.25, -0.2) is 8.42 Å². The Morgan fingerprint density at radius 3 is 2.67 bits per heavy atom. The first-order valence-corrected chi connectivity index (χ1v) is 12.5. The number of carbonyl (C=O) groups is 1. The van der Waals surface area contributed by atoms with E-state index >= 15 is 0 Å². The molecule has 7 heteroatoms. The molecule has 1 aromatic heterocycles. The zero-order chi connectivity index (χ0) is 21.6. The maximum absolute atomic E-state index is 12.6. The van der Waals surface area contributed by atoms with E-state index in [1.165, 1.54) is 11.8 Å². The fourth-order valence-electron chi connectivity index (χ4n) is 3.26. The van der Waals surface area contributed by atoms with Gasteiger partial charge in [-0.05, 0) is 43.5 Å². The molecule has 0 radical (unpaired) electrons. The van der Waals surface area contributed by atoms with Gasteiger partial charge in [0.25, 0.3) is 0 Å². The lowest BCUT2D eigenvalue weighted by atomic mass is 10.1. The van der Waals surface area contributed by atoms with Gasteiger partial charge in [0.05, 0.1) is 21.4 Å². The molecule has 1 atom stereocenters. The number of pyridine rings is 1. The molecule has 3 aromatic rings. The number of thioether (sulfide) groups is 1. The molecule has 0 fully saturated rings. The number of amides is 1. The Morgan fingerprint density at radius 1 is 1.10 bits per heavy atom. The van der Waals surface area contributed by atoms with E-state index in [0.29, 0.717) is 29.2 Å².